The van der Waals surface area contributed by atoms with E-state index in [4.69, 9.17) is 11.6 Å². The Hall–Kier alpha value is -1.10. The maximum Gasteiger partial charge on any atom is 0.228 e. The summed E-state index contributed by atoms with van der Waals surface area (Å²) in [4.78, 5) is 12.1. The monoisotopic (exact) mass is 271 g/mol. The van der Waals surface area contributed by atoms with E-state index in [0.29, 0.717) is 11.9 Å². The average Bonchev–Trinajstić information content (AvgIpc) is 2.37. The zero-order valence-corrected chi connectivity index (χ0v) is 11.9. The summed E-state index contributed by atoms with van der Waals surface area (Å²) in [5.74, 6) is 1.02. The van der Waals surface area contributed by atoms with Gasteiger partial charge in [0.1, 0.15) is 0 Å². The number of nitrogens with zero attached hydrogens (tertiary/aromatic N) is 3. The van der Waals surface area contributed by atoms with Crippen molar-refractivity contribution in [2.45, 2.75) is 45.4 Å². The molecule has 0 unspecified atom stereocenters. The summed E-state index contributed by atoms with van der Waals surface area (Å²) < 4.78 is 0. The summed E-state index contributed by atoms with van der Waals surface area (Å²) in [5.41, 5.74) is 0. The first-order chi connectivity index (χ1) is 8.76. The van der Waals surface area contributed by atoms with E-state index in [-0.39, 0.29) is 5.28 Å². The molecule has 1 heterocycles. The van der Waals surface area contributed by atoms with E-state index < -0.39 is 0 Å². The normalized spacial score (nSPS) is 10.4. The molecule has 1 aromatic heterocycles. The highest BCUT2D eigenvalue weighted by atomic mass is 35.5. The molecule has 0 radical (unpaired) electrons. The quantitative estimate of drug-likeness (QED) is 0.675. The molecule has 1 aromatic rings. The molecule has 0 aliphatic carbocycles. The average molecular weight is 272 g/mol. The van der Waals surface area contributed by atoms with Gasteiger partial charge in [-0.05, 0) is 18.0 Å². The third kappa shape index (κ3) is 6.00. The molecule has 0 bridgehead atoms. The van der Waals surface area contributed by atoms with Crippen LogP contribution in [0.5, 0.6) is 0 Å². The first-order valence-corrected chi connectivity index (χ1v) is 6.97. The Bertz CT molecular complexity index is 345. The lowest BCUT2D eigenvalue weighted by Gasteiger charge is -2.06. The van der Waals surface area contributed by atoms with Gasteiger partial charge in [0.15, 0.2) is 0 Å². The van der Waals surface area contributed by atoms with E-state index in [1.54, 1.807) is 7.05 Å². The lowest BCUT2D eigenvalue weighted by molar-refractivity contribution is 0.616. The Balaban J connectivity index is 2.20. The topological polar surface area (TPSA) is 62.7 Å². The van der Waals surface area contributed by atoms with Crippen LogP contribution in [-0.2, 0) is 0 Å². The second-order valence-electron chi connectivity index (χ2n) is 4.20. The van der Waals surface area contributed by atoms with E-state index in [0.717, 1.165) is 13.0 Å². The SMILES string of the molecule is CCCCCCCCNc1nc(Cl)nc(NC)n1. The van der Waals surface area contributed by atoms with Crippen LogP contribution in [0.3, 0.4) is 0 Å². The van der Waals surface area contributed by atoms with Crippen molar-refractivity contribution in [1.29, 1.82) is 0 Å². The van der Waals surface area contributed by atoms with Crippen LogP contribution in [0.2, 0.25) is 5.28 Å². The number of aromatic nitrogens is 3. The molecule has 0 fully saturated rings. The molecule has 2 N–H and O–H groups in total. The highest BCUT2D eigenvalue weighted by Gasteiger charge is 2.02. The fraction of sp³-hybridized carbons (Fsp3) is 0.750. The van der Waals surface area contributed by atoms with Gasteiger partial charge in [0, 0.05) is 13.6 Å². The lowest BCUT2D eigenvalue weighted by Crippen LogP contribution is -2.08. The minimum Gasteiger partial charge on any atom is -0.357 e. The van der Waals surface area contributed by atoms with Crippen LogP contribution in [0, 0.1) is 0 Å². The molecule has 0 aliphatic rings. The molecule has 18 heavy (non-hydrogen) atoms. The summed E-state index contributed by atoms with van der Waals surface area (Å²) >= 11 is 5.78. The van der Waals surface area contributed by atoms with Crippen LogP contribution in [0.15, 0.2) is 0 Å². The van der Waals surface area contributed by atoms with Crippen molar-refractivity contribution >= 4 is 23.5 Å². The van der Waals surface area contributed by atoms with Crippen molar-refractivity contribution in [2.24, 2.45) is 0 Å². The predicted octanol–water partition coefficient (Wildman–Crippen LogP) is 3.34. The molecule has 0 saturated heterocycles. The molecule has 6 heteroatoms. The Morgan fingerprint density at radius 2 is 1.61 bits per heavy atom. The lowest BCUT2D eigenvalue weighted by atomic mass is 10.1. The number of rotatable bonds is 9. The Labute approximate surface area is 114 Å². The number of anilines is 2. The molecule has 0 spiro atoms. The summed E-state index contributed by atoms with van der Waals surface area (Å²) in [6.07, 6.45) is 7.62. The largest absolute Gasteiger partial charge is 0.357 e. The third-order valence-corrected chi connectivity index (χ3v) is 2.81. The maximum absolute atomic E-state index is 5.78. The van der Waals surface area contributed by atoms with Gasteiger partial charge in [-0.3, -0.25) is 0 Å². The van der Waals surface area contributed by atoms with Crippen molar-refractivity contribution in [2.75, 3.05) is 24.2 Å². The minimum absolute atomic E-state index is 0.208. The molecule has 1 rings (SSSR count). The summed E-state index contributed by atoms with van der Waals surface area (Å²) in [5, 5.41) is 6.22. The standard InChI is InChI=1S/C12H22ClN5/c1-3-4-5-6-7-8-9-15-12-17-10(13)16-11(14-2)18-12/h3-9H2,1-2H3,(H2,14,15,16,17,18). The minimum atomic E-state index is 0.208. The van der Waals surface area contributed by atoms with Gasteiger partial charge in [0.05, 0.1) is 0 Å². The van der Waals surface area contributed by atoms with Crippen molar-refractivity contribution in [3.8, 4) is 0 Å². The van der Waals surface area contributed by atoms with E-state index in [1.165, 1.54) is 32.1 Å². The van der Waals surface area contributed by atoms with Crippen LogP contribution >= 0.6 is 11.6 Å². The van der Waals surface area contributed by atoms with Crippen LogP contribution < -0.4 is 10.6 Å². The van der Waals surface area contributed by atoms with Crippen molar-refractivity contribution < 1.29 is 0 Å². The fourth-order valence-corrected chi connectivity index (χ4v) is 1.81. The fourth-order valence-electron chi connectivity index (χ4n) is 1.65. The molecular weight excluding hydrogens is 250 g/mol. The van der Waals surface area contributed by atoms with E-state index in [1.807, 2.05) is 0 Å². The van der Waals surface area contributed by atoms with Gasteiger partial charge < -0.3 is 10.6 Å². The highest BCUT2D eigenvalue weighted by Crippen LogP contribution is 2.09. The van der Waals surface area contributed by atoms with E-state index >= 15 is 0 Å². The third-order valence-electron chi connectivity index (χ3n) is 2.65. The van der Waals surface area contributed by atoms with Crippen molar-refractivity contribution in [1.82, 2.24) is 15.0 Å². The molecule has 0 aliphatic heterocycles. The second kappa shape index (κ2) is 8.91. The second-order valence-corrected chi connectivity index (χ2v) is 4.53. The molecule has 0 atom stereocenters. The predicted molar refractivity (Wildman–Crippen MR) is 76.2 cm³/mol. The van der Waals surface area contributed by atoms with Gasteiger partial charge in [0.25, 0.3) is 0 Å². The number of unbranched alkanes of at least 4 members (excludes halogenated alkanes) is 5. The van der Waals surface area contributed by atoms with E-state index in [2.05, 4.69) is 32.5 Å². The Kier molecular flexibility index (Phi) is 7.41. The molecule has 0 aromatic carbocycles. The van der Waals surface area contributed by atoms with Crippen molar-refractivity contribution in [3.63, 3.8) is 0 Å². The Morgan fingerprint density at radius 3 is 2.33 bits per heavy atom. The molecule has 0 amide bonds. The number of nitrogens with one attached hydrogen (secondary N) is 2. The van der Waals surface area contributed by atoms with Gasteiger partial charge >= 0.3 is 0 Å². The Morgan fingerprint density at radius 1 is 0.944 bits per heavy atom. The van der Waals surface area contributed by atoms with Crippen LogP contribution in [0.4, 0.5) is 11.9 Å². The summed E-state index contributed by atoms with van der Waals surface area (Å²) in [6, 6.07) is 0. The van der Waals surface area contributed by atoms with Gasteiger partial charge in [-0.1, -0.05) is 39.0 Å². The number of halogens is 1. The van der Waals surface area contributed by atoms with Crippen molar-refractivity contribution in [3.05, 3.63) is 5.28 Å². The van der Waals surface area contributed by atoms with Gasteiger partial charge in [0.2, 0.25) is 17.2 Å². The molecular formula is C12H22ClN5. The van der Waals surface area contributed by atoms with E-state index in [9.17, 15) is 0 Å². The van der Waals surface area contributed by atoms with Crippen LogP contribution in [-0.4, -0.2) is 28.5 Å². The summed E-state index contributed by atoms with van der Waals surface area (Å²) in [6.45, 7) is 3.10. The highest BCUT2D eigenvalue weighted by molar-refractivity contribution is 6.28. The first kappa shape index (κ1) is 15.0. The van der Waals surface area contributed by atoms with Crippen LogP contribution in [0.1, 0.15) is 45.4 Å². The van der Waals surface area contributed by atoms with Gasteiger partial charge in [-0.2, -0.15) is 15.0 Å². The molecule has 102 valence electrons. The zero-order valence-electron chi connectivity index (χ0n) is 11.2. The van der Waals surface area contributed by atoms with Crippen LogP contribution in [0.25, 0.3) is 0 Å². The number of hydrogen-bond donors (Lipinski definition) is 2. The van der Waals surface area contributed by atoms with Gasteiger partial charge in [-0.25, -0.2) is 0 Å². The summed E-state index contributed by atoms with van der Waals surface area (Å²) in [7, 11) is 1.75. The molecule has 0 saturated carbocycles. The maximum atomic E-state index is 5.78. The first-order valence-electron chi connectivity index (χ1n) is 6.59. The smallest absolute Gasteiger partial charge is 0.228 e. The zero-order chi connectivity index (χ0) is 13.2. The number of hydrogen-bond acceptors (Lipinski definition) is 5. The molecule has 5 nitrogen and oxygen atoms in total. The van der Waals surface area contributed by atoms with Gasteiger partial charge in [-0.15, -0.1) is 0 Å².